The van der Waals surface area contributed by atoms with E-state index in [0.29, 0.717) is 0 Å². The average Bonchev–Trinajstić information content (AvgIpc) is 2.16. The Hall–Kier alpha value is 0.258. The molecule has 0 aliphatic carbocycles. The molecule has 0 atom stereocenters. The molecular weight excluding hydrogens is 247 g/mol. The zero-order chi connectivity index (χ0) is 11.7. The number of hydrogen-bond acceptors (Lipinski definition) is 1. The molecule has 0 aliphatic heterocycles. The Labute approximate surface area is 100 Å². The third-order valence-electron chi connectivity index (χ3n) is 2.41. The Morgan fingerprint density at radius 3 is 1.80 bits per heavy atom. The van der Waals surface area contributed by atoms with Gasteiger partial charge in [0.05, 0.1) is 0 Å². The molecule has 0 aliphatic rings. The maximum atomic E-state index is 8.81. The first-order valence-electron chi connectivity index (χ1n) is 6.07. The standard InChI is InChI=1S/C13H27AsO/c1-12(2)6-9-14(8-5-11-15)10-7-13(3)4/h5,8,12-13,15H,6-7,9-11H2,1-4H3/b8-5-. The summed E-state index contributed by atoms with van der Waals surface area (Å²) in [7, 11) is 0. The summed E-state index contributed by atoms with van der Waals surface area (Å²) in [5, 5.41) is 11.6. The van der Waals surface area contributed by atoms with Crippen LogP contribution in [0.3, 0.4) is 0 Å². The number of aliphatic hydroxyl groups excluding tert-OH is 1. The van der Waals surface area contributed by atoms with Crippen LogP contribution in [0.4, 0.5) is 0 Å². The van der Waals surface area contributed by atoms with Crippen molar-refractivity contribution in [3.63, 3.8) is 0 Å². The van der Waals surface area contributed by atoms with Gasteiger partial charge in [-0.25, -0.2) is 0 Å². The molecule has 15 heavy (non-hydrogen) atoms. The van der Waals surface area contributed by atoms with Crippen molar-refractivity contribution in [1.29, 1.82) is 0 Å². The molecule has 0 bridgehead atoms. The molecule has 90 valence electrons. The first-order chi connectivity index (χ1) is 7.06. The Kier molecular flexibility index (Phi) is 9.65. The van der Waals surface area contributed by atoms with Crippen LogP contribution >= 0.6 is 0 Å². The van der Waals surface area contributed by atoms with Gasteiger partial charge in [-0.2, -0.15) is 0 Å². The van der Waals surface area contributed by atoms with Crippen molar-refractivity contribution in [2.45, 2.75) is 51.0 Å². The monoisotopic (exact) mass is 274 g/mol. The van der Waals surface area contributed by atoms with Crippen molar-refractivity contribution in [2.75, 3.05) is 6.61 Å². The van der Waals surface area contributed by atoms with E-state index in [0.717, 1.165) is 11.8 Å². The molecule has 0 saturated heterocycles. The third-order valence-corrected chi connectivity index (χ3v) is 7.23. The van der Waals surface area contributed by atoms with Gasteiger partial charge in [-0.05, 0) is 0 Å². The molecule has 0 aromatic carbocycles. The van der Waals surface area contributed by atoms with Gasteiger partial charge in [0.1, 0.15) is 0 Å². The summed E-state index contributed by atoms with van der Waals surface area (Å²) >= 11 is -0.773. The second-order valence-corrected chi connectivity index (χ2v) is 9.94. The zero-order valence-corrected chi connectivity index (χ0v) is 12.6. The van der Waals surface area contributed by atoms with E-state index in [1.165, 1.54) is 23.3 Å². The predicted molar refractivity (Wildman–Crippen MR) is 70.5 cm³/mol. The van der Waals surface area contributed by atoms with Gasteiger partial charge in [-0.15, -0.1) is 0 Å². The van der Waals surface area contributed by atoms with Gasteiger partial charge < -0.3 is 0 Å². The quantitative estimate of drug-likeness (QED) is 0.670. The summed E-state index contributed by atoms with van der Waals surface area (Å²) < 4.78 is 0. The summed E-state index contributed by atoms with van der Waals surface area (Å²) in [5.41, 5.74) is 0. The van der Waals surface area contributed by atoms with Gasteiger partial charge in [0.15, 0.2) is 0 Å². The van der Waals surface area contributed by atoms with Crippen LogP contribution in [0.2, 0.25) is 10.4 Å². The van der Waals surface area contributed by atoms with Crippen LogP contribution in [0.1, 0.15) is 40.5 Å². The molecule has 0 aromatic heterocycles. The molecule has 1 nitrogen and oxygen atoms in total. The molecule has 1 N–H and O–H groups in total. The number of hydrogen-bond donors (Lipinski definition) is 1. The Morgan fingerprint density at radius 1 is 1.00 bits per heavy atom. The van der Waals surface area contributed by atoms with Crippen LogP contribution < -0.4 is 0 Å². The van der Waals surface area contributed by atoms with E-state index in [-0.39, 0.29) is 6.61 Å². The second-order valence-electron chi connectivity index (χ2n) is 4.97. The van der Waals surface area contributed by atoms with E-state index in [1.54, 1.807) is 0 Å². The van der Waals surface area contributed by atoms with Crippen molar-refractivity contribution < 1.29 is 5.11 Å². The topological polar surface area (TPSA) is 20.2 Å². The van der Waals surface area contributed by atoms with Crippen molar-refractivity contribution >= 4 is 14.7 Å². The van der Waals surface area contributed by atoms with Gasteiger partial charge in [0.25, 0.3) is 0 Å². The summed E-state index contributed by atoms with van der Waals surface area (Å²) in [6.07, 6.45) is 4.67. The van der Waals surface area contributed by atoms with Gasteiger partial charge in [0.2, 0.25) is 0 Å². The van der Waals surface area contributed by atoms with E-state index in [4.69, 9.17) is 5.11 Å². The minimum absolute atomic E-state index is 0.217. The van der Waals surface area contributed by atoms with Crippen LogP contribution in [0.5, 0.6) is 0 Å². The fourth-order valence-corrected chi connectivity index (χ4v) is 6.78. The molecule has 2 heteroatoms. The van der Waals surface area contributed by atoms with Gasteiger partial charge in [-0.1, -0.05) is 0 Å². The first kappa shape index (κ1) is 15.3. The van der Waals surface area contributed by atoms with E-state index in [9.17, 15) is 0 Å². The Balaban J connectivity index is 3.89. The molecule has 0 spiro atoms. The summed E-state index contributed by atoms with van der Waals surface area (Å²) in [6, 6.07) is 0. The molecule has 0 unspecified atom stereocenters. The summed E-state index contributed by atoms with van der Waals surface area (Å²) in [5.74, 6) is 1.65. The van der Waals surface area contributed by atoms with Crippen molar-refractivity contribution in [3.8, 4) is 0 Å². The van der Waals surface area contributed by atoms with Gasteiger partial charge >= 0.3 is 100 Å². The van der Waals surface area contributed by atoms with Crippen molar-refractivity contribution in [1.82, 2.24) is 0 Å². The Morgan fingerprint density at radius 2 is 1.47 bits per heavy atom. The van der Waals surface area contributed by atoms with E-state index in [1.807, 2.05) is 6.08 Å². The average molecular weight is 274 g/mol. The van der Waals surface area contributed by atoms with Crippen LogP contribution in [0.15, 0.2) is 10.9 Å². The second kappa shape index (κ2) is 9.48. The van der Waals surface area contributed by atoms with Gasteiger partial charge in [0, 0.05) is 0 Å². The van der Waals surface area contributed by atoms with E-state index < -0.39 is 14.7 Å². The molecular formula is C13H27AsO. The molecule has 0 rings (SSSR count). The third kappa shape index (κ3) is 10.5. The SMILES string of the molecule is CC(C)CC[As](/C=C\CO)CCC(C)C. The number of rotatable bonds is 8. The van der Waals surface area contributed by atoms with Crippen LogP contribution in [-0.2, 0) is 0 Å². The van der Waals surface area contributed by atoms with Gasteiger partial charge in [-0.3, -0.25) is 0 Å². The van der Waals surface area contributed by atoms with Crippen molar-refractivity contribution in [2.24, 2.45) is 11.8 Å². The fraction of sp³-hybridized carbons (Fsp3) is 0.846. The zero-order valence-electron chi connectivity index (χ0n) is 10.7. The molecule has 0 amide bonds. The van der Waals surface area contributed by atoms with Crippen LogP contribution in [0.25, 0.3) is 0 Å². The van der Waals surface area contributed by atoms with E-state index >= 15 is 0 Å². The first-order valence-corrected chi connectivity index (χ1v) is 9.81. The summed E-state index contributed by atoms with van der Waals surface area (Å²) in [6.45, 7) is 9.40. The summed E-state index contributed by atoms with van der Waals surface area (Å²) in [4.78, 5) is 2.35. The molecule has 0 radical (unpaired) electrons. The minimum atomic E-state index is -0.773. The van der Waals surface area contributed by atoms with Crippen LogP contribution in [-0.4, -0.2) is 26.4 Å². The molecule has 0 heterocycles. The fourth-order valence-electron chi connectivity index (χ4n) is 1.31. The molecule has 0 fully saturated rings. The normalized spacial score (nSPS) is 12.5. The van der Waals surface area contributed by atoms with Crippen LogP contribution in [0, 0.1) is 11.8 Å². The van der Waals surface area contributed by atoms with Crippen molar-refractivity contribution in [3.05, 3.63) is 10.9 Å². The molecule has 0 saturated carbocycles. The Bertz CT molecular complexity index is 152. The van der Waals surface area contributed by atoms with E-state index in [2.05, 4.69) is 32.6 Å². The molecule has 0 aromatic rings. The number of aliphatic hydroxyl groups is 1. The maximum absolute atomic E-state index is 8.81. The predicted octanol–water partition coefficient (Wildman–Crippen LogP) is 3.66.